The molecule has 4 N–H and O–H groups in total. The topological polar surface area (TPSA) is 86.2 Å². The fourth-order valence-electron chi connectivity index (χ4n) is 2.83. The van der Waals surface area contributed by atoms with Crippen molar-refractivity contribution in [1.82, 2.24) is 0 Å². The lowest BCUT2D eigenvalue weighted by Gasteiger charge is -2.27. The van der Waals surface area contributed by atoms with Crippen LogP contribution in [0.15, 0.2) is 18.2 Å². The summed E-state index contributed by atoms with van der Waals surface area (Å²) in [5, 5.41) is 0. The number of primary amides is 2. The number of hydrogen-bond acceptors (Lipinski definition) is 2. The van der Waals surface area contributed by atoms with Crippen molar-refractivity contribution in [3.63, 3.8) is 0 Å². The van der Waals surface area contributed by atoms with Gasteiger partial charge in [0.1, 0.15) is 0 Å². The Morgan fingerprint density at radius 2 is 1.89 bits per heavy atom. The predicted molar refractivity (Wildman–Crippen MR) is 72.1 cm³/mol. The first-order valence-corrected chi connectivity index (χ1v) is 6.66. The minimum absolute atomic E-state index is 0.0240. The number of benzene rings is 1. The van der Waals surface area contributed by atoms with Gasteiger partial charge in [0, 0.05) is 11.5 Å². The molecular formula is C15H19N2O2. The van der Waals surface area contributed by atoms with Crippen molar-refractivity contribution >= 4 is 11.8 Å². The molecule has 0 saturated heterocycles. The maximum Gasteiger partial charge on any atom is 0.248 e. The van der Waals surface area contributed by atoms with Crippen molar-refractivity contribution in [1.29, 1.82) is 0 Å². The third-order valence-corrected chi connectivity index (χ3v) is 3.98. The van der Waals surface area contributed by atoms with Crippen LogP contribution in [0.2, 0.25) is 0 Å². The minimum atomic E-state index is -0.405. The number of amides is 2. The first-order valence-electron chi connectivity index (χ1n) is 6.66. The Morgan fingerprint density at radius 1 is 1.21 bits per heavy atom. The number of hydrogen-bond donors (Lipinski definition) is 2. The van der Waals surface area contributed by atoms with Crippen molar-refractivity contribution in [2.75, 3.05) is 0 Å². The normalized spacial score (nSPS) is 22.9. The quantitative estimate of drug-likeness (QED) is 0.856. The molecule has 101 valence electrons. The molecule has 0 spiro atoms. The largest absolute Gasteiger partial charge is 0.369 e. The average Bonchev–Trinajstić information content (AvgIpc) is 2.39. The Kier molecular flexibility index (Phi) is 4.20. The van der Waals surface area contributed by atoms with E-state index in [1.165, 1.54) is 0 Å². The zero-order valence-electron chi connectivity index (χ0n) is 10.9. The average molecular weight is 259 g/mol. The van der Waals surface area contributed by atoms with Gasteiger partial charge in [-0.15, -0.1) is 0 Å². The Balaban J connectivity index is 2.00. The SMILES string of the molecule is NC(=O)c1c[c]ccc1CC1CCC(C(N)=O)CC1. The summed E-state index contributed by atoms with van der Waals surface area (Å²) in [6, 6.07) is 8.23. The van der Waals surface area contributed by atoms with E-state index in [4.69, 9.17) is 11.5 Å². The summed E-state index contributed by atoms with van der Waals surface area (Å²) in [5.41, 5.74) is 12.2. The van der Waals surface area contributed by atoms with Crippen molar-refractivity contribution in [3.05, 3.63) is 35.4 Å². The highest BCUT2D eigenvalue weighted by Crippen LogP contribution is 2.31. The van der Waals surface area contributed by atoms with E-state index in [0.29, 0.717) is 11.5 Å². The highest BCUT2D eigenvalue weighted by molar-refractivity contribution is 5.94. The van der Waals surface area contributed by atoms with E-state index in [-0.39, 0.29) is 11.8 Å². The van der Waals surface area contributed by atoms with E-state index in [2.05, 4.69) is 6.07 Å². The van der Waals surface area contributed by atoms with Crippen molar-refractivity contribution < 1.29 is 9.59 Å². The molecule has 1 radical (unpaired) electrons. The van der Waals surface area contributed by atoms with E-state index in [1.807, 2.05) is 6.07 Å². The van der Waals surface area contributed by atoms with Gasteiger partial charge in [-0.2, -0.15) is 0 Å². The van der Waals surface area contributed by atoms with Crippen LogP contribution in [0.3, 0.4) is 0 Å². The number of carbonyl (C=O) groups excluding carboxylic acids is 2. The van der Waals surface area contributed by atoms with Gasteiger partial charge in [0.2, 0.25) is 11.8 Å². The van der Waals surface area contributed by atoms with Gasteiger partial charge in [-0.3, -0.25) is 9.59 Å². The summed E-state index contributed by atoms with van der Waals surface area (Å²) in [4.78, 5) is 22.5. The lowest BCUT2D eigenvalue weighted by atomic mass is 9.78. The summed E-state index contributed by atoms with van der Waals surface area (Å²) in [6.07, 6.45) is 4.49. The van der Waals surface area contributed by atoms with E-state index in [9.17, 15) is 9.59 Å². The zero-order chi connectivity index (χ0) is 13.8. The molecule has 0 heterocycles. The van der Waals surface area contributed by atoms with Gasteiger partial charge in [0.25, 0.3) is 0 Å². The Hall–Kier alpha value is -1.84. The van der Waals surface area contributed by atoms with Gasteiger partial charge in [0.15, 0.2) is 0 Å². The summed E-state index contributed by atoms with van der Waals surface area (Å²) in [6.45, 7) is 0. The van der Waals surface area contributed by atoms with Gasteiger partial charge in [-0.25, -0.2) is 0 Å². The summed E-state index contributed by atoms with van der Waals surface area (Å²) >= 11 is 0. The number of nitrogens with two attached hydrogens (primary N) is 2. The van der Waals surface area contributed by atoms with Crippen LogP contribution in [0, 0.1) is 17.9 Å². The Labute approximate surface area is 113 Å². The molecule has 0 atom stereocenters. The highest BCUT2D eigenvalue weighted by atomic mass is 16.1. The Bertz CT molecular complexity index is 477. The molecule has 1 aromatic carbocycles. The predicted octanol–water partition coefficient (Wildman–Crippen LogP) is 1.42. The smallest absolute Gasteiger partial charge is 0.248 e. The van der Waals surface area contributed by atoms with Crippen molar-refractivity contribution in [3.8, 4) is 0 Å². The van der Waals surface area contributed by atoms with Crippen LogP contribution in [-0.2, 0) is 11.2 Å². The van der Waals surface area contributed by atoms with Crippen LogP contribution in [0.4, 0.5) is 0 Å². The fraction of sp³-hybridized carbons (Fsp3) is 0.467. The molecule has 1 saturated carbocycles. The van der Waals surface area contributed by atoms with E-state index < -0.39 is 5.91 Å². The molecule has 0 unspecified atom stereocenters. The molecule has 1 fully saturated rings. The second kappa shape index (κ2) is 5.87. The second-order valence-corrected chi connectivity index (χ2v) is 5.27. The number of rotatable bonds is 4. The summed E-state index contributed by atoms with van der Waals surface area (Å²) < 4.78 is 0. The maximum atomic E-state index is 11.3. The van der Waals surface area contributed by atoms with E-state index >= 15 is 0 Å². The van der Waals surface area contributed by atoms with Crippen LogP contribution in [-0.4, -0.2) is 11.8 Å². The summed E-state index contributed by atoms with van der Waals surface area (Å²) in [7, 11) is 0. The summed E-state index contributed by atoms with van der Waals surface area (Å²) in [5.74, 6) is -0.0738. The molecule has 4 heteroatoms. The lowest BCUT2D eigenvalue weighted by Crippen LogP contribution is -2.28. The minimum Gasteiger partial charge on any atom is -0.369 e. The number of carbonyl (C=O) groups is 2. The first kappa shape index (κ1) is 13.6. The molecule has 4 nitrogen and oxygen atoms in total. The third-order valence-electron chi connectivity index (χ3n) is 3.98. The fourth-order valence-corrected chi connectivity index (χ4v) is 2.83. The zero-order valence-corrected chi connectivity index (χ0v) is 10.9. The maximum absolute atomic E-state index is 11.3. The molecule has 1 aliphatic carbocycles. The van der Waals surface area contributed by atoms with Crippen LogP contribution in [0.1, 0.15) is 41.6 Å². The van der Waals surface area contributed by atoms with Crippen molar-refractivity contribution in [2.45, 2.75) is 32.1 Å². The molecule has 1 aliphatic rings. The van der Waals surface area contributed by atoms with Crippen LogP contribution in [0.5, 0.6) is 0 Å². The molecule has 2 amide bonds. The molecule has 1 aromatic rings. The van der Waals surface area contributed by atoms with E-state index in [0.717, 1.165) is 37.7 Å². The highest BCUT2D eigenvalue weighted by Gasteiger charge is 2.25. The lowest BCUT2D eigenvalue weighted by molar-refractivity contribution is -0.122. The molecule has 0 aliphatic heterocycles. The van der Waals surface area contributed by atoms with Gasteiger partial charge in [0.05, 0.1) is 0 Å². The van der Waals surface area contributed by atoms with Crippen LogP contribution in [0.25, 0.3) is 0 Å². The van der Waals surface area contributed by atoms with Crippen molar-refractivity contribution in [2.24, 2.45) is 23.3 Å². The Morgan fingerprint density at radius 3 is 2.47 bits per heavy atom. The molecule has 19 heavy (non-hydrogen) atoms. The van der Waals surface area contributed by atoms with Gasteiger partial charge in [-0.05, 0) is 55.7 Å². The van der Waals surface area contributed by atoms with Gasteiger partial charge in [-0.1, -0.05) is 12.1 Å². The second-order valence-electron chi connectivity index (χ2n) is 5.27. The van der Waals surface area contributed by atoms with Gasteiger partial charge < -0.3 is 11.5 Å². The molecule has 2 rings (SSSR count). The molecular weight excluding hydrogens is 240 g/mol. The van der Waals surface area contributed by atoms with Crippen LogP contribution < -0.4 is 11.5 Å². The van der Waals surface area contributed by atoms with Crippen LogP contribution >= 0.6 is 0 Å². The molecule has 0 aromatic heterocycles. The van der Waals surface area contributed by atoms with Gasteiger partial charge >= 0.3 is 0 Å². The third kappa shape index (κ3) is 3.34. The van der Waals surface area contributed by atoms with E-state index in [1.54, 1.807) is 12.1 Å². The standard InChI is InChI=1S/C15H19N2O2/c16-14(18)11-7-5-10(6-8-11)9-12-3-1-2-4-13(12)15(17)19/h1,3-4,10-11H,5-9H2,(H2,16,18)(H2,17,19). The first-order chi connectivity index (χ1) is 9.08. The monoisotopic (exact) mass is 259 g/mol. The molecule has 0 bridgehead atoms.